The minimum absolute atomic E-state index is 0. The van der Waals surface area contributed by atoms with E-state index in [9.17, 15) is 5.11 Å². The van der Waals surface area contributed by atoms with Crippen LogP contribution in [-0.2, 0) is 0 Å². The molecule has 0 aliphatic carbocycles. The van der Waals surface area contributed by atoms with Gasteiger partial charge in [0.25, 0.3) is 0 Å². The third-order valence-corrected chi connectivity index (χ3v) is 6.01. The lowest BCUT2D eigenvalue weighted by Crippen LogP contribution is -2.43. The Morgan fingerprint density at radius 1 is 1.00 bits per heavy atom. The second-order valence-corrected chi connectivity index (χ2v) is 8.52. The van der Waals surface area contributed by atoms with Gasteiger partial charge < -0.3 is 10.0 Å². The molecule has 1 aliphatic rings. The summed E-state index contributed by atoms with van der Waals surface area (Å²) in [6.07, 6.45) is 11.8. The summed E-state index contributed by atoms with van der Waals surface area (Å²) >= 11 is 0. The van der Waals surface area contributed by atoms with Crippen molar-refractivity contribution in [2.45, 2.75) is 96.5 Å². The van der Waals surface area contributed by atoms with Gasteiger partial charge in [0, 0.05) is 12.5 Å². The smallest absolute Gasteiger partial charge is 0.0736 e. The highest BCUT2D eigenvalue weighted by atomic mass is 35.5. The maximum absolute atomic E-state index is 10.8. The van der Waals surface area contributed by atoms with Gasteiger partial charge in [-0.05, 0) is 43.0 Å². The fraction of sp³-hybridized carbons (Fsp3) is 0.750. The highest BCUT2D eigenvalue weighted by molar-refractivity contribution is 5.85. The fourth-order valence-electron chi connectivity index (χ4n) is 4.41. The highest BCUT2D eigenvalue weighted by Crippen LogP contribution is 2.33. The summed E-state index contributed by atoms with van der Waals surface area (Å²) in [6.45, 7) is 9.91. The summed E-state index contributed by atoms with van der Waals surface area (Å²) in [7, 11) is 0. The molecule has 2 rings (SSSR count). The number of hydrogen-bond acceptors (Lipinski definition) is 2. The topological polar surface area (TPSA) is 23.5 Å². The van der Waals surface area contributed by atoms with E-state index in [1.807, 2.05) is 0 Å². The molecule has 2 unspecified atom stereocenters. The highest BCUT2D eigenvalue weighted by Gasteiger charge is 2.30. The van der Waals surface area contributed by atoms with Gasteiger partial charge in [0.2, 0.25) is 0 Å². The molecule has 2 nitrogen and oxygen atoms in total. The van der Waals surface area contributed by atoms with Crippen LogP contribution in [0.2, 0.25) is 0 Å². The summed E-state index contributed by atoms with van der Waals surface area (Å²) in [4.78, 5) is 2.48. The van der Waals surface area contributed by atoms with E-state index in [4.69, 9.17) is 0 Å². The van der Waals surface area contributed by atoms with Crippen LogP contribution in [0, 0.1) is 0 Å². The molecule has 0 amide bonds. The SMILES string of the molecule is CCCCCCCCCCN1CCC(c2ccccc2C(C)C)C(O)C1.Cl. The van der Waals surface area contributed by atoms with Crippen LogP contribution in [-0.4, -0.2) is 35.7 Å². The maximum Gasteiger partial charge on any atom is 0.0736 e. The summed E-state index contributed by atoms with van der Waals surface area (Å²) in [5.41, 5.74) is 2.79. The predicted octanol–water partition coefficient (Wildman–Crippen LogP) is 6.52. The lowest BCUT2D eigenvalue weighted by molar-refractivity contribution is 0.0502. The average molecular weight is 396 g/mol. The first-order chi connectivity index (χ1) is 12.6. The van der Waals surface area contributed by atoms with E-state index in [2.05, 4.69) is 49.9 Å². The molecule has 0 aromatic heterocycles. The molecule has 1 heterocycles. The molecule has 1 aromatic carbocycles. The predicted molar refractivity (Wildman–Crippen MR) is 120 cm³/mol. The number of aliphatic hydroxyl groups is 1. The number of likely N-dealkylation sites (tertiary alicyclic amines) is 1. The number of piperidine rings is 1. The largest absolute Gasteiger partial charge is 0.391 e. The molecule has 3 heteroatoms. The Kier molecular flexibility index (Phi) is 12.3. The van der Waals surface area contributed by atoms with Crippen molar-refractivity contribution < 1.29 is 5.11 Å². The van der Waals surface area contributed by atoms with Crippen LogP contribution in [0.1, 0.15) is 102 Å². The Labute approximate surface area is 174 Å². The summed E-state index contributed by atoms with van der Waals surface area (Å²) in [6, 6.07) is 8.72. The molecular formula is C24H42ClNO. The van der Waals surface area contributed by atoms with Crippen LogP contribution in [0.4, 0.5) is 0 Å². The zero-order valence-corrected chi connectivity index (χ0v) is 18.6. The zero-order valence-electron chi connectivity index (χ0n) is 17.8. The second kappa shape index (κ2) is 13.6. The van der Waals surface area contributed by atoms with E-state index in [1.165, 1.54) is 62.5 Å². The molecule has 1 N–H and O–H groups in total. The molecule has 0 spiro atoms. The monoisotopic (exact) mass is 395 g/mol. The van der Waals surface area contributed by atoms with Crippen molar-refractivity contribution >= 4 is 12.4 Å². The van der Waals surface area contributed by atoms with Gasteiger partial charge in [-0.2, -0.15) is 0 Å². The summed E-state index contributed by atoms with van der Waals surface area (Å²) < 4.78 is 0. The van der Waals surface area contributed by atoms with Gasteiger partial charge in [0.05, 0.1) is 6.10 Å². The number of halogens is 1. The van der Waals surface area contributed by atoms with Gasteiger partial charge in [0.1, 0.15) is 0 Å². The summed E-state index contributed by atoms with van der Waals surface area (Å²) in [5.74, 6) is 0.831. The number of benzene rings is 1. The molecule has 1 aliphatic heterocycles. The van der Waals surface area contributed by atoms with Gasteiger partial charge in [-0.3, -0.25) is 0 Å². The van der Waals surface area contributed by atoms with Crippen LogP contribution in [0.15, 0.2) is 24.3 Å². The van der Waals surface area contributed by atoms with Crippen LogP contribution in [0.3, 0.4) is 0 Å². The number of β-amino-alcohol motifs (C(OH)–C–C–N with tert-alkyl or cyclic N) is 1. The van der Waals surface area contributed by atoms with Crippen LogP contribution >= 0.6 is 12.4 Å². The minimum atomic E-state index is -0.224. The quantitative estimate of drug-likeness (QED) is 0.431. The van der Waals surface area contributed by atoms with E-state index >= 15 is 0 Å². The van der Waals surface area contributed by atoms with Crippen molar-refractivity contribution in [1.82, 2.24) is 4.90 Å². The van der Waals surface area contributed by atoms with E-state index < -0.39 is 0 Å². The third kappa shape index (κ3) is 8.13. The standard InChI is InChI=1S/C24H41NO.ClH/c1-4-5-6-7-8-9-10-13-17-25-18-16-23(24(26)19-25)22-15-12-11-14-21(22)20(2)3;/h11-12,14-15,20,23-24,26H,4-10,13,16-19H2,1-3H3;1H. The lowest BCUT2D eigenvalue weighted by atomic mass is 9.82. The maximum atomic E-state index is 10.8. The van der Waals surface area contributed by atoms with E-state index in [0.29, 0.717) is 11.8 Å². The molecule has 1 aromatic rings. The number of aliphatic hydroxyl groups excluding tert-OH is 1. The molecule has 0 saturated carbocycles. The molecular weight excluding hydrogens is 354 g/mol. The van der Waals surface area contributed by atoms with Crippen molar-refractivity contribution in [2.75, 3.05) is 19.6 Å². The van der Waals surface area contributed by atoms with Gasteiger partial charge in [-0.1, -0.05) is 90.0 Å². The Bertz CT molecular complexity index is 505. The lowest BCUT2D eigenvalue weighted by Gasteiger charge is -2.37. The molecule has 1 saturated heterocycles. The van der Waals surface area contributed by atoms with Gasteiger partial charge >= 0.3 is 0 Å². The molecule has 156 valence electrons. The number of unbranched alkanes of at least 4 members (excludes halogenated alkanes) is 7. The third-order valence-electron chi connectivity index (χ3n) is 6.01. The first-order valence-electron chi connectivity index (χ1n) is 11.1. The Morgan fingerprint density at radius 2 is 1.63 bits per heavy atom. The van der Waals surface area contributed by atoms with Gasteiger partial charge in [-0.15, -0.1) is 12.4 Å². The minimum Gasteiger partial charge on any atom is -0.391 e. The number of hydrogen-bond donors (Lipinski definition) is 1. The Balaban J connectivity index is 0.00000364. The van der Waals surface area contributed by atoms with Crippen molar-refractivity contribution in [1.29, 1.82) is 0 Å². The molecule has 27 heavy (non-hydrogen) atoms. The Morgan fingerprint density at radius 3 is 2.26 bits per heavy atom. The van der Waals surface area contributed by atoms with Crippen LogP contribution in [0.5, 0.6) is 0 Å². The zero-order chi connectivity index (χ0) is 18.8. The molecule has 2 atom stereocenters. The van der Waals surface area contributed by atoms with Crippen LogP contribution in [0.25, 0.3) is 0 Å². The van der Waals surface area contributed by atoms with Gasteiger partial charge in [-0.25, -0.2) is 0 Å². The first kappa shape index (κ1) is 24.5. The second-order valence-electron chi connectivity index (χ2n) is 8.52. The average Bonchev–Trinajstić information content (AvgIpc) is 2.64. The number of rotatable bonds is 11. The molecule has 0 bridgehead atoms. The van der Waals surface area contributed by atoms with Crippen molar-refractivity contribution in [2.24, 2.45) is 0 Å². The van der Waals surface area contributed by atoms with E-state index in [1.54, 1.807) is 0 Å². The van der Waals surface area contributed by atoms with Crippen molar-refractivity contribution in [3.05, 3.63) is 35.4 Å². The molecule has 0 radical (unpaired) electrons. The Hall–Kier alpha value is -0.570. The number of nitrogens with zero attached hydrogens (tertiary/aromatic N) is 1. The van der Waals surface area contributed by atoms with E-state index in [-0.39, 0.29) is 18.5 Å². The molecule has 1 fully saturated rings. The van der Waals surface area contributed by atoms with Crippen LogP contribution < -0.4 is 0 Å². The normalized spacial score (nSPS) is 20.6. The van der Waals surface area contributed by atoms with Crippen molar-refractivity contribution in [3.8, 4) is 0 Å². The first-order valence-corrected chi connectivity index (χ1v) is 11.1. The van der Waals surface area contributed by atoms with Gasteiger partial charge in [0.15, 0.2) is 0 Å². The summed E-state index contributed by atoms with van der Waals surface area (Å²) in [5, 5.41) is 10.8. The van der Waals surface area contributed by atoms with Crippen molar-refractivity contribution in [3.63, 3.8) is 0 Å². The fourth-order valence-corrected chi connectivity index (χ4v) is 4.41. The van der Waals surface area contributed by atoms with E-state index in [0.717, 1.165) is 26.1 Å².